The molecule has 2 amide bonds. The molecule has 3 heterocycles. The van der Waals surface area contributed by atoms with Crippen LogP contribution in [0.15, 0.2) is 39.9 Å². The molecule has 0 spiro atoms. The normalized spacial score (nSPS) is 15.1. The average Bonchev–Trinajstić information content (AvgIpc) is 3.28. The Labute approximate surface area is 169 Å². The standard InChI is InChI=1S/C20H16N2O6S/c1-25-14-5-10(6-15(26-2)18(14)27-3)13-9-21-8-11-4-12(28-17(11)13)7-16-19(23)22-20(24)29-16/h4-9H,1-3H3,(H,22,23,24)/b16-7-. The third-order valence-electron chi connectivity index (χ3n) is 4.33. The number of benzene rings is 1. The summed E-state index contributed by atoms with van der Waals surface area (Å²) in [4.78, 5) is 27.7. The number of rotatable bonds is 5. The summed E-state index contributed by atoms with van der Waals surface area (Å²) < 4.78 is 22.2. The van der Waals surface area contributed by atoms with Crippen molar-refractivity contribution in [2.75, 3.05) is 21.3 Å². The molecular formula is C20H16N2O6S. The zero-order valence-electron chi connectivity index (χ0n) is 15.8. The number of ether oxygens (including phenoxy) is 3. The van der Waals surface area contributed by atoms with Gasteiger partial charge < -0.3 is 18.6 Å². The molecule has 1 aliphatic rings. The number of imide groups is 1. The van der Waals surface area contributed by atoms with Crippen LogP contribution in [0, 0.1) is 0 Å². The van der Waals surface area contributed by atoms with Crippen LogP contribution in [0.5, 0.6) is 17.2 Å². The minimum absolute atomic E-state index is 0.274. The number of furan rings is 1. The number of hydrogen-bond donors (Lipinski definition) is 1. The van der Waals surface area contributed by atoms with E-state index < -0.39 is 11.1 Å². The van der Waals surface area contributed by atoms with E-state index in [9.17, 15) is 9.59 Å². The van der Waals surface area contributed by atoms with E-state index in [4.69, 9.17) is 18.6 Å². The van der Waals surface area contributed by atoms with Gasteiger partial charge in [0.1, 0.15) is 11.3 Å². The van der Waals surface area contributed by atoms with Crippen molar-refractivity contribution in [3.63, 3.8) is 0 Å². The molecule has 2 aromatic heterocycles. The molecule has 0 aliphatic carbocycles. The van der Waals surface area contributed by atoms with Gasteiger partial charge in [-0.3, -0.25) is 19.9 Å². The Morgan fingerprint density at radius 2 is 1.76 bits per heavy atom. The second-order valence-corrected chi connectivity index (χ2v) is 7.04. The lowest BCUT2D eigenvalue weighted by molar-refractivity contribution is -0.115. The van der Waals surface area contributed by atoms with Crippen molar-refractivity contribution in [1.29, 1.82) is 0 Å². The highest BCUT2D eigenvalue weighted by Gasteiger charge is 2.25. The number of fused-ring (bicyclic) bond motifs is 1. The first-order valence-electron chi connectivity index (χ1n) is 8.47. The number of methoxy groups -OCH3 is 3. The molecule has 3 aromatic rings. The predicted molar refractivity (Wildman–Crippen MR) is 108 cm³/mol. The van der Waals surface area contributed by atoms with E-state index in [1.165, 1.54) is 13.2 Å². The van der Waals surface area contributed by atoms with Gasteiger partial charge in [0.2, 0.25) is 5.75 Å². The molecule has 8 nitrogen and oxygen atoms in total. The Balaban J connectivity index is 1.84. The molecule has 29 heavy (non-hydrogen) atoms. The molecule has 0 saturated carbocycles. The maximum atomic E-state index is 11.8. The van der Waals surface area contributed by atoms with Crippen LogP contribution in [-0.4, -0.2) is 37.5 Å². The summed E-state index contributed by atoms with van der Waals surface area (Å²) in [6, 6.07) is 5.36. The summed E-state index contributed by atoms with van der Waals surface area (Å²) in [6.45, 7) is 0. The highest BCUT2D eigenvalue weighted by Crippen LogP contribution is 2.42. The number of nitrogens with zero attached hydrogens (tertiary/aromatic N) is 1. The van der Waals surface area contributed by atoms with Crippen LogP contribution in [0.1, 0.15) is 5.76 Å². The number of nitrogens with one attached hydrogen (secondary N) is 1. The third kappa shape index (κ3) is 3.40. The minimum atomic E-state index is -0.441. The van der Waals surface area contributed by atoms with Crippen molar-refractivity contribution < 1.29 is 28.2 Å². The smallest absolute Gasteiger partial charge is 0.290 e. The predicted octanol–water partition coefficient (Wildman–Crippen LogP) is 3.84. The van der Waals surface area contributed by atoms with Crippen LogP contribution in [-0.2, 0) is 4.79 Å². The largest absolute Gasteiger partial charge is 0.493 e. The molecule has 0 bridgehead atoms. The van der Waals surface area contributed by atoms with Gasteiger partial charge in [0.15, 0.2) is 11.5 Å². The van der Waals surface area contributed by atoms with Gasteiger partial charge in [-0.25, -0.2) is 0 Å². The van der Waals surface area contributed by atoms with E-state index in [0.717, 1.165) is 22.7 Å². The topological polar surface area (TPSA) is 99.9 Å². The molecule has 1 fully saturated rings. The lowest BCUT2D eigenvalue weighted by atomic mass is 10.0. The first-order chi connectivity index (χ1) is 14.0. The van der Waals surface area contributed by atoms with Gasteiger partial charge in [-0.2, -0.15) is 0 Å². The number of amides is 2. The molecule has 0 atom stereocenters. The van der Waals surface area contributed by atoms with E-state index in [1.807, 2.05) is 0 Å². The molecule has 0 unspecified atom stereocenters. The number of thioether (sulfide) groups is 1. The quantitative estimate of drug-likeness (QED) is 0.631. The van der Waals surface area contributed by atoms with Crippen molar-refractivity contribution in [1.82, 2.24) is 10.3 Å². The third-order valence-corrected chi connectivity index (χ3v) is 5.14. The van der Waals surface area contributed by atoms with Crippen LogP contribution < -0.4 is 19.5 Å². The fourth-order valence-corrected chi connectivity index (χ4v) is 3.71. The Morgan fingerprint density at radius 1 is 1.03 bits per heavy atom. The molecule has 1 saturated heterocycles. The van der Waals surface area contributed by atoms with Crippen LogP contribution >= 0.6 is 11.8 Å². The zero-order chi connectivity index (χ0) is 20.5. The van der Waals surface area contributed by atoms with Crippen molar-refractivity contribution in [2.45, 2.75) is 0 Å². The monoisotopic (exact) mass is 412 g/mol. The number of hydrogen-bond acceptors (Lipinski definition) is 8. The van der Waals surface area contributed by atoms with E-state index in [2.05, 4.69) is 10.3 Å². The molecule has 0 radical (unpaired) electrons. The first kappa shape index (κ1) is 18.9. The summed E-state index contributed by atoms with van der Waals surface area (Å²) in [5, 5.41) is 2.56. The highest BCUT2D eigenvalue weighted by atomic mass is 32.2. The van der Waals surface area contributed by atoms with Crippen molar-refractivity contribution >= 4 is 40.0 Å². The fourth-order valence-electron chi connectivity index (χ4n) is 3.05. The fraction of sp³-hybridized carbons (Fsp3) is 0.150. The summed E-state index contributed by atoms with van der Waals surface area (Å²) in [6.07, 6.45) is 4.86. The lowest BCUT2D eigenvalue weighted by Crippen LogP contribution is -2.17. The van der Waals surface area contributed by atoms with Gasteiger partial charge in [0.05, 0.1) is 26.2 Å². The Morgan fingerprint density at radius 3 is 2.34 bits per heavy atom. The summed E-state index contributed by atoms with van der Waals surface area (Å²) in [5.41, 5.74) is 2.05. The second-order valence-electron chi connectivity index (χ2n) is 6.02. The Bertz CT molecular complexity index is 1140. The van der Waals surface area contributed by atoms with Crippen molar-refractivity contribution in [2.24, 2.45) is 0 Å². The molecule has 9 heteroatoms. The SMILES string of the molecule is COc1cc(-c2cncc3cc(/C=C4\SC(=O)NC4=O)oc23)cc(OC)c1OC. The second kappa shape index (κ2) is 7.51. The maximum Gasteiger partial charge on any atom is 0.290 e. The minimum Gasteiger partial charge on any atom is -0.493 e. The van der Waals surface area contributed by atoms with Crippen LogP contribution in [0.3, 0.4) is 0 Å². The summed E-state index contributed by atoms with van der Waals surface area (Å²) in [7, 11) is 4.63. The molecule has 4 rings (SSSR count). The van der Waals surface area contributed by atoms with E-state index >= 15 is 0 Å². The van der Waals surface area contributed by atoms with Crippen LogP contribution in [0.4, 0.5) is 4.79 Å². The van der Waals surface area contributed by atoms with E-state index in [1.54, 1.807) is 44.8 Å². The Hall–Kier alpha value is -3.46. The molecule has 1 aliphatic heterocycles. The summed E-state index contributed by atoms with van der Waals surface area (Å²) >= 11 is 0.832. The molecule has 1 N–H and O–H groups in total. The highest BCUT2D eigenvalue weighted by molar-refractivity contribution is 8.18. The molecule has 1 aromatic carbocycles. The van der Waals surface area contributed by atoms with Crippen LogP contribution in [0.25, 0.3) is 28.2 Å². The lowest BCUT2D eigenvalue weighted by Gasteiger charge is -2.14. The zero-order valence-corrected chi connectivity index (χ0v) is 16.6. The van der Waals surface area contributed by atoms with Gasteiger partial charge in [-0.15, -0.1) is 0 Å². The van der Waals surface area contributed by atoms with E-state index in [-0.39, 0.29) is 4.91 Å². The van der Waals surface area contributed by atoms with Gasteiger partial charge in [0.25, 0.3) is 11.1 Å². The van der Waals surface area contributed by atoms with Gasteiger partial charge in [0, 0.05) is 29.4 Å². The average molecular weight is 412 g/mol. The van der Waals surface area contributed by atoms with Gasteiger partial charge in [-0.05, 0) is 35.5 Å². The van der Waals surface area contributed by atoms with Gasteiger partial charge >= 0.3 is 0 Å². The van der Waals surface area contributed by atoms with E-state index in [0.29, 0.717) is 34.2 Å². The number of carbonyl (C=O) groups is 2. The van der Waals surface area contributed by atoms with Gasteiger partial charge in [-0.1, -0.05) is 0 Å². The first-order valence-corrected chi connectivity index (χ1v) is 9.28. The summed E-state index contributed by atoms with van der Waals surface area (Å²) in [5.74, 6) is 1.49. The number of carbonyl (C=O) groups excluding carboxylic acids is 2. The molecular weight excluding hydrogens is 396 g/mol. The number of aromatic nitrogens is 1. The molecule has 148 valence electrons. The van der Waals surface area contributed by atoms with Crippen LogP contribution in [0.2, 0.25) is 0 Å². The maximum absolute atomic E-state index is 11.8. The van der Waals surface area contributed by atoms with Crippen molar-refractivity contribution in [3.05, 3.63) is 41.3 Å². The Kier molecular flexibility index (Phi) is 4.89. The number of pyridine rings is 1. The van der Waals surface area contributed by atoms with Crippen molar-refractivity contribution in [3.8, 4) is 28.4 Å².